The van der Waals surface area contributed by atoms with Crippen LogP contribution in [-0.4, -0.2) is 41.5 Å². The van der Waals surface area contributed by atoms with E-state index >= 15 is 0 Å². The Morgan fingerprint density at radius 3 is 2.71 bits per heavy atom. The zero-order chi connectivity index (χ0) is 15.3. The van der Waals surface area contributed by atoms with Gasteiger partial charge < -0.3 is 5.11 Å². The van der Waals surface area contributed by atoms with Crippen molar-refractivity contribution in [2.24, 2.45) is 5.41 Å². The molecule has 1 aliphatic heterocycles. The summed E-state index contributed by atoms with van der Waals surface area (Å²) >= 11 is 0. The molecular formula is C18H27NO2. The van der Waals surface area contributed by atoms with Crippen molar-refractivity contribution >= 4 is 5.78 Å². The van der Waals surface area contributed by atoms with Gasteiger partial charge in [-0.05, 0) is 32.2 Å². The lowest BCUT2D eigenvalue weighted by Gasteiger charge is -2.33. The van der Waals surface area contributed by atoms with Crippen molar-refractivity contribution in [3.05, 3.63) is 35.9 Å². The fraction of sp³-hybridized carbons (Fsp3) is 0.611. The Labute approximate surface area is 128 Å². The Hall–Kier alpha value is -1.19. The molecule has 1 aromatic carbocycles. The summed E-state index contributed by atoms with van der Waals surface area (Å²) in [6.07, 6.45) is 4.28. The molecule has 1 unspecified atom stereocenters. The van der Waals surface area contributed by atoms with Crippen LogP contribution in [0.4, 0.5) is 0 Å². The van der Waals surface area contributed by atoms with Gasteiger partial charge in [0.05, 0.1) is 0 Å². The monoisotopic (exact) mass is 289 g/mol. The molecule has 0 bridgehead atoms. The molecule has 1 aliphatic rings. The lowest BCUT2D eigenvalue weighted by molar-refractivity contribution is 0.0744. The van der Waals surface area contributed by atoms with E-state index in [0.717, 1.165) is 31.5 Å². The number of benzene rings is 1. The first-order valence-electron chi connectivity index (χ1n) is 7.99. The van der Waals surface area contributed by atoms with Gasteiger partial charge in [0.1, 0.15) is 0 Å². The van der Waals surface area contributed by atoms with Gasteiger partial charge in [0.2, 0.25) is 0 Å². The van der Waals surface area contributed by atoms with Gasteiger partial charge in [0.25, 0.3) is 0 Å². The summed E-state index contributed by atoms with van der Waals surface area (Å²) in [6.45, 7) is 6.22. The Bertz CT molecular complexity index is 456. The van der Waals surface area contributed by atoms with E-state index in [1.807, 2.05) is 44.2 Å². The maximum atomic E-state index is 12.7. The molecule has 3 nitrogen and oxygen atoms in total. The average molecular weight is 289 g/mol. The smallest absolute Gasteiger partial charge is 0.169 e. The summed E-state index contributed by atoms with van der Waals surface area (Å²) in [5.41, 5.74) is 0.428. The highest BCUT2D eigenvalue weighted by molar-refractivity contribution is 6.00. The normalized spacial score (nSPS) is 19.9. The molecule has 2 rings (SSSR count). The van der Waals surface area contributed by atoms with Crippen molar-refractivity contribution in [3.8, 4) is 0 Å². The van der Waals surface area contributed by atoms with Crippen LogP contribution in [0.5, 0.6) is 0 Å². The van der Waals surface area contributed by atoms with Crippen LogP contribution in [-0.2, 0) is 0 Å². The van der Waals surface area contributed by atoms with Gasteiger partial charge in [-0.2, -0.15) is 0 Å². The third kappa shape index (κ3) is 4.14. The SMILES string of the molecule is CC(C)(CN1CCCC1CCCO)C(=O)c1ccccc1. The maximum Gasteiger partial charge on any atom is 0.169 e. The molecule has 1 atom stereocenters. The Morgan fingerprint density at radius 1 is 1.33 bits per heavy atom. The number of rotatable bonds is 7. The molecule has 3 heteroatoms. The molecule has 1 aromatic rings. The van der Waals surface area contributed by atoms with Crippen LogP contribution >= 0.6 is 0 Å². The number of carbonyl (C=O) groups is 1. The number of hydrogen-bond acceptors (Lipinski definition) is 3. The van der Waals surface area contributed by atoms with Gasteiger partial charge in [-0.15, -0.1) is 0 Å². The van der Waals surface area contributed by atoms with Gasteiger partial charge in [0.15, 0.2) is 5.78 Å². The summed E-state index contributed by atoms with van der Waals surface area (Å²) in [7, 11) is 0. The highest BCUT2D eigenvalue weighted by atomic mass is 16.2. The predicted octanol–water partition coefficient (Wildman–Crippen LogP) is 3.13. The second kappa shape index (κ2) is 7.19. The van der Waals surface area contributed by atoms with Crippen LogP contribution in [0, 0.1) is 5.41 Å². The molecule has 1 N–H and O–H groups in total. The van der Waals surface area contributed by atoms with Gasteiger partial charge in [-0.25, -0.2) is 0 Å². The first-order valence-corrected chi connectivity index (χ1v) is 7.99. The largest absolute Gasteiger partial charge is 0.396 e. The number of aliphatic hydroxyl groups is 1. The third-order valence-electron chi connectivity index (χ3n) is 4.44. The molecule has 0 aliphatic carbocycles. The lowest BCUT2D eigenvalue weighted by atomic mass is 9.83. The fourth-order valence-corrected chi connectivity index (χ4v) is 3.32. The van der Waals surface area contributed by atoms with Crippen molar-refractivity contribution in [1.82, 2.24) is 4.90 Å². The summed E-state index contributed by atoms with van der Waals surface area (Å²) < 4.78 is 0. The van der Waals surface area contributed by atoms with E-state index in [2.05, 4.69) is 4.90 Å². The van der Waals surface area contributed by atoms with Gasteiger partial charge in [-0.3, -0.25) is 9.69 Å². The summed E-state index contributed by atoms with van der Waals surface area (Å²) in [5.74, 6) is 0.218. The quantitative estimate of drug-likeness (QED) is 0.784. The standard InChI is InChI=1S/C18H27NO2/c1-18(2,17(21)15-8-4-3-5-9-15)14-19-12-6-10-16(19)11-7-13-20/h3-5,8-9,16,20H,6-7,10-14H2,1-2H3. The van der Waals surface area contributed by atoms with E-state index in [0.29, 0.717) is 6.04 Å². The average Bonchev–Trinajstić information content (AvgIpc) is 2.91. The number of likely N-dealkylation sites (tertiary alicyclic amines) is 1. The summed E-state index contributed by atoms with van der Waals surface area (Å²) in [5, 5.41) is 9.01. The first kappa shape index (κ1) is 16.2. The predicted molar refractivity (Wildman–Crippen MR) is 85.5 cm³/mol. The molecule has 0 radical (unpaired) electrons. The van der Waals surface area contributed by atoms with Crippen molar-refractivity contribution < 1.29 is 9.90 Å². The van der Waals surface area contributed by atoms with Crippen LogP contribution < -0.4 is 0 Å². The Kier molecular flexibility index (Phi) is 5.54. The van der Waals surface area contributed by atoms with Crippen molar-refractivity contribution in [2.45, 2.75) is 45.6 Å². The van der Waals surface area contributed by atoms with Crippen molar-refractivity contribution in [3.63, 3.8) is 0 Å². The van der Waals surface area contributed by atoms with Crippen molar-refractivity contribution in [2.75, 3.05) is 19.7 Å². The Morgan fingerprint density at radius 2 is 2.05 bits per heavy atom. The molecule has 0 aromatic heterocycles. The minimum absolute atomic E-state index is 0.218. The number of ketones is 1. The van der Waals surface area contributed by atoms with E-state index in [4.69, 9.17) is 5.11 Å². The lowest BCUT2D eigenvalue weighted by Crippen LogP contribution is -2.41. The summed E-state index contributed by atoms with van der Waals surface area (Å²) in [4.78, 5) is 15.1. The van der Waals surface area contributed by atoms with Gasteiger partial charge in [-0.1, -0.05) is 44.2 Å². The van der Waals surface area contributed by atoms with E-state index in [9.17, 15) is 4.79 Å². The van der Waals surface area contributed by atoms with E-state index in [-0.39, 0.29) is 17.8 Å². The van der Waals surface area contributed by atoms with Gasteiger partial charge >= 0.3 is 0 Å². The van der Waals surface area contributed by atoms with Crippen LogP contribution in [0.15, 0.2) is 30.3 Å². The third-order valence-corrected chi connectivity index (χ3v) is 4.44. The first-order chi connectivity index (χ1) is 10.0. The number of aliphatic hydroxyl groups excluding tert-OH is 1. The van der Waals surface area contributed by atoms with E-state index in [1.165, 1.54) is 12.8 Å². The molecule has 21 heavy (non-hydrogen) atoms. The number of nitrogens with zero attached hydrogens (tertiary/aromatic N) is 1. The van der Waals surface area contributed by atoms with Crippen LogP contribution in [0.3, 0.4) is 0 Å². The number of hydrogen-bond donors (Lipinski definition) is 1. The van der Waals surface area contributed by atoms with Gasteiger partial charge in [0, 0.05) is 30.2 Å². The van der Waals surface area contributed by atoms with E-state index < -0.39 is 0 Å². The maximum absolute atomic E-state index is 12.7. The topological polar surface area (TPSA) is 40.5 Å². The van der Waals surface area contributed by atoms with Crippen molar-refractivity contribution in [1.29, 1.82) is 0 Å². The minimum Gasteiger partial charge on any atom is -0.396 e. The molecule has 1 heterocycles. The fourth-order valence-electron chi connectivity index (χ4n) is 3.32. The van der Waals surface area contributed by atoms with Crippen LogP contribution in [0.1, 0.15) is 49.9 Å². The number of Topliss-reactive ketones (excluding diaryl/α,β-unsaturated/α-hetero) is 1. The Balaban J connectivity index is 2.01. The zero-order valence-electron chi connectivity index (χ0n) is 13.2. The highest BCUT2D eigenvalue weighted by Gasteiger charge is 2.34. The molecule has 0 spiro atoms. The molecule has 1 fully saturated rings. The minimum atomic E-state index is -0.372. The van der Waals surface area contributed by atoms with Crippen LogP contribution in [0.2, 0.25) is 0 Å². The molecule has 0 amide bonds. The molecule has 0 saturated carbocycles. The summed E-state index contributed by atoms with van der Waals surface area (Å²) in [6, 6.07) is 10.1. The highest BCUT2D eigenvalue weighted by Crippen LogP contribution is 2.29. The molecular weight excluding hydrogens is 262 g/mol. The second-order valence-corrected chi connectivity index (χ2v) is 6.71. The second-order valence-electron chi connectivity index (χ2n) is 6.71. The van der Waals surface area contributed by atoms with E-state index in [1.54, 1.807) is 0 Å². The molecule has 1 saturated heterocycles. The number of carbonyl (C=O) groups excluding carboxylic acids is 1. The zero-order valence-corrected chi connectivity index (χ0v) is 13.2. The molecule has 116 valence electrons. The van der Waals surface area contributed by atoms with Crippen LogP contribution in [0.25, 0.3) is 0 Å².